The summed E-state index contributed by atoms with van der Waals surface area (Å²) in [6.07, 6.45) is 1.69. The van der Waals surface area contributed by atoms with E-state index in [0.717, 1.165) is 23.3 Å². The highest BCUT2D eigenvalue weighted by atomic mass is 16.3. The van der Waals surface area contributed by atoms with Crippen molar-refractivity contribution in [2.24, 2.45) is 5.41 Å². The maximum atomic E-state index is 9.15. The summed E-state index contributed by atoms with van der Waals surface area (Å²) in [5.74, 6) is 0. The number of rotatable bonds is 4. The average molecular weight is 219 g/mol. The fraction of sp³-hybridized carbons (Fsp3) is 0.417. The molecule has 0 atom stereocenters. The Balaban J connectivity index is 2.09. The standard InChI is InChI=1S/C12H17N3O/c1-12(2,7-16)6-13-9-3-4-10-11(5-9)15-8-14-10/h3-5,8,13,16H,6-7H2,1-2H3,(H,14,15). The summed E-state index contributed by atoms with van der Waals surface area (Å²) in [6.45, 7) is 4.96. The van der Waals surface area contributed by atoms with Gasteiger partial charge in [-0.05, 0) is 18.2 Å². The van der Waals surface area contributed by atoms with Crippen molar-refractivity contribution < 1.29 is 5.11 Å². The molecule has 0 unspecified atom stereocenters. The monoisotopic (exact) mass is 219 g/mol. The lowest BCUT2D eigenvalue weighted by Gasteiger charge is -2.22. The number of hydrogen-bond donors (Lipinski definition) is 3. The van der Waals surface area contributed by atoms with E-state index in [0.29, 0.717) is 0 Å². The molecule has 16 heavy (non-hydrogen) atoms. The highest BCUT2D eigenvalue weighted by molar-refractivity contribution is 5.78. The lowest BCUT2D eigenvalue weighted by atomic mass is 9.95. The summed E-state index contributed by atoms with van der Waals surface area (Å²) in [6, 6.07) is 5.99. The zero-order valence-corrected chi connectivity index (χ0v) is 9.62. The third kappa shape index (κ3) is 2.33. The molecule has 0 aliphatic carbocycles. The molecule has 2 rings (SSSR count). The van der Waals surface area contributed by atoms with Crippen LogP contribution < -0.4 is 5.32 Å². The second-order valence-electron chi connectivity index (χ2n) is 4.81. The number of hydrogen-bond acceptors (Lipinski definition) is 3. The van der Waals surface area contributed by atoms with E-state index in [1.54, 1.807) is 6.33 Å². The Morgan fingerprint density at radius 3 is 3.00 bits per heavy atom. The minimum absolute atomic E-state index is 0.108. The molecule has 0 radical (unpaired) electrons. The fourth-order valence-electron chi connectivity index (χ4n) is 1.44. The number of nitrogens with zero attached hydrogens (tertiary/aromatic N) is 1. The number of aromatic amines is 1. The second kappa shape index (κ2) is 4.14. The van der Waals surface area contributed by atoms with Crippen LogP contribution >= 0.6 is 0 Å². The van der Waals surface area contributed by atoms with Gasteiger partial charge in [0.15, 0.2) is 0 Å². The average Bonchev–Trinajstić information content (AvgIpc) is 2.73. The SMILES string of the molecule is CC(C)(CO)CNc1ccc2nc[nH]c2c1. The zero-order valence-electron chi connectivity index (χ0n) is 9.62. The molecule has 0 amide bonds. The van der Waals surface area contributed by atoms with E-state index < -0.39 is 0 Å². The molecule has 3 N–H and O–H groups in total. The van der Waals surface area contributed by atoms with Crippen LogP contribution in [0.25, 0.3) is 11.0 Å². The lowest BCUT2D eigenvalue weighted by Crippen LogP contribution is -2.26. The van der Waals surface area contributed by atoms with Crippen LogP contribution in [0.15, 0.2) is 24.5 Å². The second-order valence-corrected chi connectivity index (χ2v) is 4.81. The van der Waals surface area contributed by atoms with E-state index in [1.165, 1.54) is 0 Å². The molecular formula is C12H17N3O. The number of aliphatic hydroxyl groups excluding tert-OH is 1. The third-order valence-electron chi connectivity index (χ3n) is 2.62. The first-order chi connectivity index (χ1) is 7.61. The van der Waals surface area contributed by atoms with Gasteiger partial charge in [-0.15, -0.1) is 0 Å². The van der Waals surface area contributed by atoms with Crippen molar-refractivity contribution in [2.45, 2.75) is 13.8 Å². The van der Waals surface area contributed by atoms with E-state index in [-0.39, 0.29) is 12.0 Å². The lowest BCUT2D eigenvalue weighted by molar-refractivity contribution is 0.171. The molecule has 1 heterocycles. The Kier molecular flexibility index (Phi) is 2.83. The minimum Gasteiger partial charge on any atom is -0.396 e. The molecule has 0 saturated heterocycles. The number of aliphatic hydroxyl groups is 1. The van der Waals surface area contributed by atoms with Crippen molar-refractivity contribution in [3.05, 3.63) is 24.5 Å². The number of anilines is 1. The molecule has 2 aromatic rings. The quantitative estimate of drug-likeness (QED) is 0.737. The van der Waals surface area contributed by atoms with Gasteiger partial charge in [-0.1, -0.05) is 13.8 Å². The molecule has 0 aliphatic heterocycles. The molecule has 1 aromatic carbocycles. The van der Waals surface area contributed by atoms with Crippen molar-refractivity contribution in [2.75, 3.05) is 18.5 Å². The van der Waals surface area contributed by atoms with Gasteiger partial charge in [-0.2, -0.15) is 0 Å². The summed E-state index contributed by atoms with van der Waals surface area (Å²) >= 11 is 0. The van der Waals surface area contributed by atoms with Crippen molar-refractivity contribution in [1.82, 2.24) is 9.97 Å². The smallest absolute Gasteiger partial charge is 0.0931 e. The normalized spacial score (nSPS) is 11.9. The van der Waals surface area contributed by atoms with Crippen LogP contribution in [0.4, 0.5) is 5.69 Å². The highest BCUT2D eigenvalue weighted by Crippen LogP contribution is 2.19. The number of fused-ring (bicyclic) bond motifs is 1. The van der Waals surface area contributed by atoms with E-state index >= 15 is 0 Å². The van der Waals surface area contributed by atoms with Gasteiger partial charge in [0.25, 0.3) is 0 Å². The van der Waals surface area contributed by atoms with Gasteiger partial charge in [0.1, 0.15) is 0 Å². The van der Waals surface area contributed by atoms with Crippen LogP contribution in [0.2, 0.25) is 0 Å². The van der Waals surface area contributed by atoms with Crippen molar-refractivity contribution in [3.8, 4) is 0 Å². The first-order valence-electron chi connectivity index (χ1n) is 5.39. The van der Waals surface area contributed by atoms with Gasteiger partial charge < -0.3 is 15.4 Å². The number of aromatic nitrogens is 2. The van der Waals surface area contributed by atoms with E-state index in [1.807, 2.05) is 32.0 Å². The maximum Gasteiger partial charge on any atom is 0.0931 e. The molecule has 1 aromatic heterocycles. The fourth-order valence-corrected chi connectivity index (χ4v) is 1.44. The Bertz CT molecular complexity index is 476. The number of benzene rings is 1. The summed E-state index contributed by atoms with van der Waals surface area (Å²) in [5, 5.41) is 12.5. The van der Waals surface area contributed by atoms with Gasteiger partial charge in [0.2, 0.25) is 0 Å². The number of H-pyrrole nitrogens is 1. The van der Waals surface area contributed by atoms with E-state index in [9.17, 15) is 0 Å². The van der Waals surface area contributed by atoms with Crippen LogP contribution in [0.5, 0.6) is 0 Å². The van der Waals surface area contributed by atoms with Crippen LogP contribution in [0, 0.1) is 5.41 Å². The van der Waals surface area contributed by atoms with Gasteiger partial charge >= 0.3 is 0 Å². The molecule has 4 nitrogen and oxygen atoms in total. The predicted octanol–water partition coefficient (Wildman–Crippen LogP) is 1.99. The summed E-state index contributed by atoms with van der Waals surface area (Å²) in [7, 11) is 0. The topological polar surface area (TPSA) is 60.9 Å². The first kappa shape index (κ1) is 11.0. The Labute approximate surface area is 94.7 Å². The molecule has 0 saturated carbocycles. The minimum atomic E-state index is -0.108. The van der Waals surface area contributed by atoms with E-state index in [2.05, 4.69) is 15.3 Å². The number of nitrogens with one attached hydrogen (secondary N) is 2. The van der Waals surface area contributed by atoms with E-state index in [4.69, 9.17) is 5.11 Å². The van der Waals surface area contributed by atoms with Crippen LogP contribution in [-0.2, 0) is 0 Å². The highest BCUT2D eigenvalue weighted by Gasteiger charge is 2.15. The third-order valence-corrected chi connectivity index (χ3v) is 2.62. The molecule has 0 aliphatic rings. The Morgan fingerprint density at radius 1 is 1.44 bits per heavy atom. The molecule has 86 valence electrons. The van der Waals surface area contributed by atoms with Gasteiger partial charge in [-0.3, -0.25) is 0 Å². The van der Waals surface area contributed by atoms with Crippen LogP contribution in [0.1, 0.15) is 13.8 Å². The predicted molar refractivity (Wildman–Crippen MR) is 65.5 cm³/mol. The van der Waals surface area contributed by atoms with Crippen LogP contribution in [0.3, 0.4) is 0 Å². The molecule has 0 spiro atoms. The molecule has 4 heteroatoms. The Morgan fingerprint density at radius 2 is 2.25 bits per heavy atom. The molecule has 0 fully saturated rings. The Hall–Kier alpha value is -1.55. The van der Waals surface area contributed by atoms with Gasteiger partial charge in [0.05, 0.1) is 17.4 Å². The zero-order chi connectivity index (χ0) is 11.6. The summed E-state index contributed by atoms with van der Waals surface area (Å²) < 4.78 is 0. The van der Waals surface area contributed by atoms with Crippen LogP contribution in [-0.4, -0.2) is 28.2 Å². The van der Waals surface area contributed by atoms with Gasteiger partial charge in [0, 0.05) is 24.3 Å². The number of imidazole rings is 1. The summed E-state index contributed by atoms with van der Waals surface area (Å²) in [5.41, 5.74) is 2.92. The summed E-state index contributed by atoms with van der Waals surface area (Å²) in [4.78, 5) is 7.23. The maximum absolute atomic E-state index is 9.15. The first-order valence-corrected chi connectivity index (χ1v) is 5.39. The van der Waals surface area contributed by atoms with Crippen molar-refractivity contribution >= 4 is 16.7 Å². The molecular weight excluding hydrogens is 202 g/mol. The largest absolute Gasteiger partial charge is 0.396 e. The van der Waals surface area contributed by atoms with Crippen molar-refractivity contribution in [3.63, 3.8) is 0 Å². The van der Waals surface area contributed by atoms with Crippen molar-refractivity contribution in [1.29, 1.82) is 0 Å². The molecule has 0 bridgehead atoms. The van der Waals surface area contributed by atoms with Gasteiger partial charge in [-0.25, -0.2) is 4.98 Å².